The summed E-state index contributed by atoms with van der Waals surface area (Å²) in [4.78, 5) is 12.3. The van der Waals surface area contributed by atoms with Crippen LogP contribution in [0.3, 0.4) is 0 Å². The first-order valence-corrected chi connectivity index (χ1v) is 10.6. The Balaban J connectivity index is 1.30. The predicted octanol–water partition coefficient (Wildman–Crippen LogP) is 4.48. The Morgan fingerprint density at radius 1 is 0.967 bits per heavy atom. The van der Waals surface area contributed by atoms with E-state index in [0.717, 1.165) is 31.4 Å². The quantitative estimate of drug-likeness (QED) is 0.428. The lowest BCUT2D eigenvalue weighted by Crippen LogP contribution is -2.22. The van der Waals surface area contributed by atoms with Crippen molar-refractivity contribution in [1.82, 2.24) is 15.5 Å². The van der Waals surface area contributed by atoms with Crippen LogP contribution in [0.1, 0.15) is 36.1 Å². The third kappa shape index (κ3) is 4.65. The fraction of sp³-hybridized carbons (Fsp3) is 0.269. The van der Waals surface area contributed by atoms with E-state index in [2.05, 4.69) is 70.1 Å². The second-order valence-electron chi connectivity index (χ2n) is 7.84. The van der Waals surface area contributed by atoms with Crippen LogP contribution in [0.15, 0.2) is 91.1 Å². The second kappa shape index (κ2) is 9.49. The normalized spacial score (nSPS) is 17.0. The maximum absolute atomic E-state index is 12.3. The van der Waals surface area contributed by atoms with Gasteiger partial charge in [0.25, 0.3) is 0 Å². The van der Waals surface area contributed by atoms with Crippen LogP contribution >= 0.6 is 0 Å². The van der Waals surface area contributed by atoms with Gasteiger partial charge in [0.15, 0.2) is 0 Å². The highest BCUT2D eigenvalue weighted by Gasteiger charge is 2.54. The van der Waals surface area contributed by atoms with Gasteiger partial charge in [-0.2, -0.15) is 10.2 Å². The summed E-state index contributed by atoms with van der Waals surface area (Å²) < 4.78 is 0. The van der Waals surface area contributed by atoms with Crippen LogP contribution in [0, 0.1) is 5.92 Å². The molecule has 30 heavy (non-hydrogen) atoms. The standard InChI is InChI=1S/C26H27N3O/c30-25(27-18-8-7-14-24-15-9-19-28-29-24)17-16-23-20-26(23,21-10-3-1-4-11-21)22-12-5-2-6-13-22/h1-6,9-13,15-17,19,23H,7-8,14,18,20H2,(H,27,30)/t23-/m1/s1. The first-order chi connectivity index (χ1) is 14.8. The summed E-state index contributed by atoms with van der Waals surface area (Å²) in [6.45, 7) is 0.677. The number of allylic oxidation sites excluding steroid dienone is 1. The average molecular weight is 398 g/mol. The van der Waals surface area contributed by atoms with Crippen LogP contribution in [0.25, 0.3) is 0 Å². The minimum absolute atomic E-state index is 0.0172. The first-order valence-electron chi connectivity index (χ1n) is 10.6. The monoisotopic (exact) mass is 397 g/mol. The number of aryl methyl sites for hydroxylation is 1. The highest BCUT2D eigenvalue weighted by molar-refractivity contribution is 5.87. The zero-order chi connectivity index (χ0) is 20.7. The van der Waals surface area contributed by atoms with Gasteiger partial charge in [0, 0.05) is 18.2 Å². The molecule has 0 aliphatic heterocycles. The van der Waals surface area contributed by atoms with Gasteiger partial charge in [-0.3, -0.25) is 4.79 Å². The summed E-state index contributed by atoms with van der Waals surface area (Å²) in [6.07, 6.45) is 9.30. The zero-order valence-electron chi connectivity index (χ0n) is 17.1. The fourth-order valence-electron chi connectivity index (χ4n) is 4.19. The van der Waals surface area contributed by atoms with Crippen molar-refractivity contribution >= 4 is 5.91 Å². The molecule has 4 rings (SSSR count). The maximum Gasteiger partial charge on any atom is 0.243 e. The third-order valence-electron chi connectivity index (χ3n) is 5.86. The minimum atomic E-state index is -0.0178. The number of carbonyl (C=O) groups is 1. The van der Waals surface area contributed by atoms with E-state index >= 15 is 0 Å². The summed E-state index contributed by atoms with van der Waals surface area (Å²) in [5, 5.41) is 11.0. The molecule has 1 aliphatic carbocycles. The summed E-state index contributed by atoms with van der Waals surface area (Å²) in [6, 6.07) is 25.1. The molecule has 1 saturated carbocycles. The number of carbonyl (C=O) groups excluding carboxylic acids is 1. The van der Waals surface area contributed by atoms with Gasteiger partial charge < -0.3 is 5.32 Å². The molecule has 1 N–H and O–H groups in total. The molecule has 1 atom stereocenters. The van der Waals surface area contributed by atoms with Crippen molar-refractivity contribution in [2.24, 2.45) is 5.92 Å². The highest BCUT2D eigenvalue weighted by atomic mass is 16.1. The van der Waals surface area contributed by atoms with E-state index in [1.54, 1.807) is 12.3 Å². The second-order valence-corrected chi connectivity index (χ2v) is 7.84. The molecule has 1 fully saturated rings. The summed E-state index contributed by atoms with van der Waals surface area (Å²) >= 11 is 0. The van der Waals surface area contributed by atoms with Gasteiger partial charge >= 0.3 is 0 Å². The molecule has 0 spiro atoms. The number of rotatable bonds is 9. The van der Waals surface area contributed by atoms with E-state index in [1.807, 2.05) is 24.3 Å². The van der Waals surface area contributed by atoms with Gasteiger partial charge in [0.05, 0.1) is 5.69 Å². The lowest BCUT2D eigenvalue weighted by molar-refractivity contribution is -0.116. The number of nitrogens with one attached hydrogen (secondary N) is 1. The lowest BCUT2D eigenvalue weighted by Gasteiger charge is -2.18. The number of unbranched alkanes of at least 4 members (excludes halogenated alkanes) is 1. The van der Waals surface area contributed by atoms with Crippen LogP contribution in [-0.2, 0) is 16.6 Å². The van der Waals surface area contributed by atoms with Crippen molar-refractivity contribution in [3.05, 3.63) is 108 Å². The SMILES string of the molecule is O=C(C=C[C@@H]1CC1(c1ccccc1)c1ccccc1)NCCCCc1cccnn1. The molecule has 0 saturated heterocycles. The van der Waals surface area contributed by atoms with Gasteiger partial charge in [0.2, 0.25) is 5.91 Å². The fourth-order valence-corrected chi connectivity index (χ4v) is 4.19. The predicted molar refractivity (Wildman–Crippen MR) is 119 cm³/mol. The smallest absolute Gasteiger partial charge is 0.243 e. The van der Waals surface area contributed by atoms with E-state index in [9.17, 15) is 4.79 Å². The largest absolute Gasteiger partial charge is 0.353 e. The van der Waals surface area contributed by atoms with E-state index in [0.29, 0.717) is 12.5 Å². The van der Waals surface area contributed by atoms with Crippen LogP contribution in [-0.4, -0.2) is 22.6 Å². The molecule has 0 unspecified atom stereocenters. The Morgan fingerprint density at radius 2 is 1.67 bits per heavy atom. The Hall–Kier alpha value is -3.27. The van der Waals surface area contributed by atoms with Gasteiger partial charge in [0.1, 0.15) is 0 Å². The van der Waals surface area contributed by atoms with E-state index in [-0.39, 0.29) is 11.3 Å². The van der Waals surface area contributed by atoms with Crippen molar-refractivity contribution < 1.29 is 4.79 Å². The molecule has 4 heteroatoms. The van der Waals surface area contributed by atoms with Gasteiger partial charge in [-0.05, 0) is 60.9 Å². The van der Waals surface area contributed by atoms with Crippen LogP contribution in [0.4, 0.5) is 0 Å². The lowest BCUT2D eigenvalue weighted by atomic mass is 9.85. The number of amides is 1. The van der Waals surface area contributed by atoms with Crippen molar-refractivity contribution in [3.63, 3.8) is 0 Å². The number of aromatic nitrogens is 2. The zero-order valence-corrected chi connectivity index (χ0v) is 17.1. The third-order valence-corrected chi connectivity index (χ3v) is 5.86. The summed E-state index contributed by atoms with van der Waals surface area (Å²) in [5.74, 6) is 0.320. The number of hydrogen-bond donors (Lipinski definition) is 1. The Labute approximate surface area is 178 Å². The van der Waals surface area contributed by atoms with Gasteiger partial charge in [-0.25, -0.2) is 0 Å². The highest BCUT2D eigenvalue weighted by Crippen LogP contribution is 2.59. The van der Waals surface area contributed by atoms with Crippen molar-refractivity contribution in [3.8, 4) is 0 Å². The molecule has 4 nitrogen and oxygen atoms in total. The molecular weight excluding hydrogens is 370 g/mol. The molecule has 1 heterocycles. The summed E-state index contributed by atoms with van der Waals surface area (Å²) in [7, 11) is 0. The Kier molecular flexibility index (Phi) is 6.33. The molecule has 2 aromatic carbocycles. The van der Waals surface area contributed by atoms with Crippen LogP contribution in [0.5, 0.6) is 0 Å². The van der Waals surface area contributed by atoms with E-state index in [4.69, 9.17) is 0 Å². The molecule has 1 aromatic heterocycles. The van der Waals surface area contributed by atoms with Gasteiger partial charge in [-0.15, -0.1) is 0 Å². The van der Waals surface area contributed by atoms with Crippen molar-refractivity contribution in [2.45, 2.75) is 31.1 Å². The number of nitrogens with zero attached hydrogens (tertiary/aromatic N) is 2. The molecule has 3 aromatic rings. The van der Waals surface area contributed by atoms with Crippen molar-refractivity contribution in [1.29, 1.82) is 0 Å². The molecule has 1 aliphatic rings. The van der Waals surface area contributed by atoms with E-state index < -0.39 is 0 Å². The average Bonchev–Trinajstić information content (AvgIpc) is 3.55. The number of hydrogen-bond acceptors (Lipinski definition) is 3. The van der Waals surface area contributed by atoms with Gasteiger partial charge in [-0.1, -0.05) is 66.7 Å². The first kappa shape index (κ1) is 20.0. The Morgan fingerprint density at radius 3 is 2.30 bits per heavy atom. The van der Waals surface area contributed by atoms with Crippen molar-refractivity contribution in [2.75, 3.05) is 6.54 Å². The topological polar surface area (TPSA) is 54.9 Å². The molecule has 0 radical (unpaired) electrons. The molecule has 1 amide bonds. The van der Waals surface area contributed by atoms with Crippen LogP contribution < -0.4 is 5.32 Å². The molecule has 152 valence electrons. The molecule has 0 bridgehead atoms. The maximum atomic E-state index is 12.3. The summed E-state index contributed by atoms with van der Waals surface area (Å²) in [5.41, 5.74) is 3.61. The minimum Gasteiger partial charge on any atom is -0.353 e. The van der Waals surface area contributed by atoms with Crippen LogP contribution in [0.2, 0.25) is 0 Å². The van der Waals surface area contributed by atoms with E-state index in [1.165, 1.54) is 11.1 Å². The Bertz CT molecular complexity index is 931. The molecular formula is C26H27N3O. The number of benzene rings is 2.